The number of aliphatic hydroxyl groups is 1. The van der Waals surface area contributed by atoms with E-state index in [2.05, 4.69) is 17.4 Å². The lowest BCUT2D eigenvalue weighted by Gasteiger charge is -2.44. The minimum absolute atomic E-state index is 0.0198. The fraction of sp³-hybridized carbons (Fsp3) is 0.355. The minimum atomic E-state index is -0.882. The summed E-state index contributed by atoms with van der Waals surface area (Å²) in [5.74, 6) is -1.21. The zero-order chi connectivity index (χ0) is 27.2. The molecule has 7 nitrogen and oxygen atoms in total. The number of β-amino-alcohol motifs (C(OH)–C–C–N with tert-alkyl or cyclic N) is 1. The molecule has 3 aromatic rings. The van der Waals surface area contributed by atoms with Crippen LogP contribution in [-0.4, -0.2) is 65.9 Å². The van der Waals surface area contributed by atoms with E-state index in [-0.39, 0.29) is 43.8 Å². The van der Waals surface area contributed by atoms with Crippen LogP contribution in [0.4, 0.5) is 4.39 Å². The van der Waals surface area contributed by atoms with Gasteiger partial charge in [-0.3, -0.25) is 9.59 Å². The van der Waals surface area contributed by atoms with Gasteiger partial charge in [0.2, 0.25) is 5.91 Å². The molecule has 2 aliphatic rings. The molecule has 5 rings (SSSR count). The van der Waals surface area contributed by atoms with Crippen molar-refractivity contribution in [2.24, 2.45) is 0 Å². The van der Waals surface area contributed by atoms with Crippen LogP contribution in [0.1, 0.15) is 35.2 Å². The molecule has 2 aliphatic heterocycles. The second-order valence-corrected chi connectivity index (χ2v) is 10.1. The van der Waals surface area contributed by atoms with E-state index >= 15 is 0 Å². The van der Waals surface area contributed by atoms with Gasteiger partial charge < -0.3 is 24.8 Å². The summed E-state index contributed by atoms with van der Waals surface area (Å²) in [6, 6.07) is 23.7. The smallest absolute Gasteiger partial charge is 0.257 e. The molecule has 2 N–H and O–H groups in total. The van der Waals surface area contributed by atoms with Gasteiger partial charge in [0.05, 0.1) is 43.4 Å². The highest BCUT2D eigenvalue weighted by Gasteiger charge is 2.40. The minimum Gasteiger partial charge on any atom is -0.389 e. The molecule has 8 heteroatoms. The molecule has 3 aromatic carbocycles. The highest BCUT2D eigenvalue weighted by Crippen LogP contribution is 2.29. The van der Waals surface area contributed by atoms with Crippen LogP contribution in [0, 0.1) is 5.82 Å². The Kier molecular flexibility index (Phi) is 8.66. The van der Waals surface area contributed by atoms with Crippen molar-refractivity contribution in [3.63, 3.8) is 0 Å². The highest BCUT2D eigenvalue weighted by molar-refractivity contribution is 5.94. The van der Waals surface area contributed by atoms with Gasteiger partial charge in [-0.2, -0.15) is 0 Å². The summed E-state index contributed by atoms with van der Waals surface area (Å²) < 4.78 is 26.3. The van der Waals surface area contributed by atoms with Gasteiger partial charge in [0.1, 0.15) is 11.9 Å². The lowest BCUT2D eigenvalue weighted by atomic mass is 9.94. The second-order valence-electron chi connectivity index (χ2n) is 10.1. The third-order valence-corrected chi connectivity index (χ3v) is 7.31. The van der Waals surface area contributed by atoms with Crippen LogP contribution in [0.25, 0.3) is 11.1 Å². The number of amides is 2. The maximum Gasteiger partial charge on any atom is 0.257 e. The van der Waals surface area contributed by atoms with E-state index in [9.17, 15) is 19.1 Å². The number of carbonyl (C=O) groups excluding carboxylic acids is 2. The molecule has 204 valence electrons. The Hall–Kier alpha value is -3.59. The van der Waals surface area contributed by atoms with Crippen molar-refractivity contribution in [1.29, 1.82) is 0 Å². The van der Waals surface area contributed by atoms with Crippen molar-refractivity contribution in [1.82, 2.24) is 10.2 Å². The molecule has 2 heterocycles. The van der Waals surface area contributed by atoms with Crippen LogP contribution in [0.15, 0.2) is 78.9 Å². The summed E-state index contributed by atoms with van der Waals surface area (Å²) in [4.78, 5) is 27.5. The van der Waals surface area contributed by atoms with Gasteiger partial charge in [-0.25, -0.2) is 4.39 Å². The number of aliphatic hydroxyl groups excluding tert-OH is 1. The van der Waals surface area contributed by atoms with Crippen LogP contribution in [0.3, 0.4) is 0 Å². The fourth-order valence-electron chi connectivity index (χ4n) is 5.29. The predicted molar refractivity (Wildman–Crippen MR) is 144 cm³/mol. The number of ether oxygens (including phenoxy) is 2. The number of halogens is 1. The highest BCUT2D eigenvalue weighted by atomic mass is 19.1. The molecule has 0 aliphatic carbocycles. The molecule has 0 bridgehead atoms. The number of hydrogen-bond donors (Lipinski definition) is 2. The Morgan fingerprint density at radius 2 is 1.64 bits per heavy atom. The van der Waals surface area contributed by atoms with Gasteiger partial charge in [0.25, 0.3) is 5.91 Å². The average molecular weight is 533 g/mol. The molecule has 4 atom stereocenters. The average Bonchev–Trinajstić information content (AvgIpc) is 2.95. The summed E-state index contributed by atoms with van der Waals surface area (Å²) >= 11 is 0. The Balaban J connectivity index is 1.17. The molecule has 0 radical (unpaired) electrons. The van der Waals surface area contributed by atoms with E-state index in [0.29, 0.717) is 19.4 Å². The zero-order valence-electron chi connectivity index (χ0n) is 21.7. The fourth-order valence-corrected chi connectivity index (χ4v) is 5.29. The van der Waals surface area contributed by atoms with Gasteiger partial charge in [-0.05, 0) is 41.7 Å². The Morgan fingerprint density at radius 3 is 2.41 bits per heavy atom. The molecule has 0 aromatic heterocycles. The summed E-state index contributed by atoms with van der Waals surface area (Å²) in [7, 11) is 0. The Bertz CT molecular complexity index is 1270. The monoisotopic (exact) mass is 532 g/mol. The topological polar surface area (TPSA) is 88.1 Å². The summed E-state index contributed by atoms with van der Waals surface area (Å²) in [6.07, 6.45) is -0.394. The number of nitrogens with zero attached hydrogens (tertiary/aromatic N) is 1. The molecule has 0 spiro atoms. The van der Waals surface area contributed by atoms with Crippen molar-refractivity contribution in [2.45, 2.75) is 50.2 Å². The van der Waals surface area contributed by atoms with Gasteiger partial charge in [0.15, 0.2) is 0 Å². The quantitative estimate of drug-likeness (QED) is 0.502. The number of carbonyl (C=O) groups is 2. The van der Waals surface area contributed by atoms with Crippen molar-refractivity contribution in [3.8, 4) is 11.1 Å². The Morgan fingerprint density at radius 1 is 0.923 bits per heavy atom. The maximum atomic E-state index is 14.4. The summed E-state index contributed by atoms with van der Waals surface area (Å²) in [6.45, 7) is 0.654. The van der Waals surface area contributed by atoms with Crippen LogP contribution < -0.4 is 5.32 Å². The first kappa shape index (κ1) is 27.0. The molecular formula is C31H33FN2O5. The van der Waals surface area contributed by atoms with Crippen molar-refractivity contribution < 1.29 is 28.6 Å². The van der Waals surface area contributed by atoms with Gasteiger partial charge in [0, 0.05) is 13.1 Å². The lowest BCUT2D eigenvalue weighted by molar-refractivity contribution is -0.151. The van der Waals surface area contributed by atoms with Gasteiger partial charge in [-0.15, -0.1) is 0 Å². The summed E-state index contributed by atoms with van der Waals surface area (Å²) in [5, 5.41) is 13.3. The number of rotatable bonds is 6. The molecule has 39 heavy (non-hydrogen) atoms. The van der Waals surface area contributed by atoms with Crippen LogP contribution in [-0.2, 0) is 20.8 Å². The molecule has 0 saturated carbocycles. The van der Waals surface area contributed by atoms with Crippen molar-refractivity contribution >= 4 is 11.8 Å². The molecule has 0 unspecified atom stereocenters. The first-order valence-electron chi connectivity index (χ1n) is 13.4. The van der Waals surface area contributed by atoms with Crippen molar-refractivity contribution in [2.75, 3.05) is 19.8 Å². The molecule has 2 fully saturated rings. The first-order chi connectivity index (χ1) is 19.0. The standard InChI is InChI=1S/C31H33FN2O5/c32-27-9-5-4-8-26(27)31(37)34-18-24(35)19-38-20-29-28(34)15-14-25(39-29)16-30(36)33-17-21-10-12-23(13-11-21)22-6-2-1-3-7-22/h1-13,24-25,28-29,35H,14-20H2,(H,33,36)/t24-,25-,28+,29-/m1/s1. The number of benzene rings is 3. The number of hydrogen-bond acceptors (Lipinski definition) is 5. The van der Waals surface area contributed by atoms with Crippen LogP contribution >= 0.6 is 0 Å². The zero-order valence-corrected chi connectivity index (χ0v) is 21.7. The first-order valence-corrected chi connectivity index (χ1v) is 13.4. The van der Waals surface area contributed by atoms with E-state index in [1.807, 2.05) is 42.5 Å². The van der Waals surface area contributed by atoms with Crippen LogP contribution in [0.2, 0.25) is 0 Å². The predicted octanol–water partition coefficient (Wildman–Crippen LogP) is 3.95. The maximum absolute atomic E-state index is 14.4. The van der Waals surface area contributed by atoms with Gasteiger partial charge >= 0.3 is 0 Å². The lowest BCUT2D eigenvalue weighted by Crippen LogP contribution is -2.57. The third-order valence-electron chi connectivity index (χ3n) is 7.31. The number of nitrogens with one attached hydrogen (secondary N) is 1. The van der Waals surface area contributed by atoms with E-state index in [1.54, 1.807) is 6.07 Å². The summed E-state index contributed by atoms with van der Waals surface area (Å²) in [5.41, 5.74) is 3.22. The Labute approximate surface area is 227 Å². The second kappa shape index (κ2) is 12.5. The molecule has 2 amide bonds. The van der Waals surface area contributed by atoms with Crippen molar-refractivity contribution in [3.05, 3.63) is 95.8 Å². The van der Waals surface area contributed by atoms with E-state index in [4.69, 9.17) is 9.47 Å². The van der Waals surface area contributed by atoms with Gasteiger partial charge in [-0.1, -0.05) is 66.7 Å². The van der Waals surface area contributed by atoms with E-state index in [1.165, 1.54) is 23.1 Å². The SMILES string of the molecule is O=C(C[C@H]1CC[C@H]2[C@@H](COC[C@H](O)CN2C(=O)c2ccccc2F)O1)NCc1ccc(-c2ccccc2)cc1. The normalized spacial score (nSPS) is 23.3. The third kappa shape index (κ3) is 6.71. The molecule has 2 saturated heterocycles. The van der Waals surface area contributed by atoms with E-state index in [0.717, 1.165) is 16.7 Å². The largest absolute Gasteiger partial charge is 0.389 e. The molecular weight excluding hydrogens is 499 g/mol. The van der Waals surface area contributed by atoms with E-state index < -0.39 is 30.0 Å². The van der Waals surface area contributed by atoms with Crippen LogP contribution in [0.5, 0.6) is 0 Å². The number of fused-ring (bicyclic) bond motifs is 1.